The zero-order valence-electron chi connectivity index (χ0n) is 13.7. The number of rotatable bonds is 5. The molecule has 22 heavy (non-hydrogen) atoms. The SMILES string of the molecule is COc1cc(C)c(S(=O)(=O)N[C@@H]2CN(C)C[C@H]2C)cc1OC. The highest BCUT2D eigenvalue weighted by Gasteiger charge is 2.32. The summed E-state index contributed by atoms with van der Waals surface area (Å²) in [7, 11) is 1.41. The number of methoxy groups -OCH3 is 2. The molecule has 0 radical (unpaired) electrons. The highest BCUT2D eigenvalue weighted by Crippen LogP contribution is 2.32. The lowest BCUT2D eigenvalue weighted by Crippen LogP contribution is -2.39. The summed E-state index contributed by atoms with van der Waals surface area (Å²) in [6.07, 6.45) is 0. The topological polar surface area (TPSA) is 67.9 Å². The van der Waals surface area contributed by atoms with Crippen LogP contribution in [0.5, 0.6) is 11.5 Å². The fourth-order valence-electron chi connectivity index (χ4n) is 2.88. The van der Waals surface area contributed by atoms with Gasteiger partial charge in [-0.25, -0.2) is 13.1 Å². The van der Waals surface area contributed by atoms with Crippen molar-refractivity contribution in [3.05, 3.63) is 17.7 Å². The van der Waals surface area contributed by atoms with Crippen LogP contribution in [0, 0.1) is 12.8 Å². The van der Waals surface area contributed by atoms with Crippen LogP contribution in [-0.4, -0.2) is 53.7 Å². The minimum Gasteiger partial charge on any atom is -0.493 e. The minimum absolute atomic E-state index is 0.0810. The number of aryl methyl sites for hydroxylation is 1. The molecule has 1 saturated heterocycles. The van der Waals surface area contributed by atoms with Crippen molar-refractivity contribution in [3.8, 4) is 11.5 Å². The number of benzene rings is 1. The van der Waals surface area contributed by atoms with Gasteiger partial charge in [0.1, 0.15) is 0 Å². The van der Waals surface area contributed by atoms with Gasteiger partial charge in [0.25, 0.3) is 0 Å². The predicted octanol–water partition coefficient (Wildman–Crippen LogP) is 1.24. The molecule has 6 nitrogen and oxygen atoms in total. The zero-order chi connectivity index (χ0) is 16.5. The van der Waals surface area contributed by atoms with Crippen LogP contribution in [0.25, 0.3) is 0 Å². The number of nitrogens with zero attached hydrogens (tertiary/aromatic N) is 1. The van der Waals surface area contributed by atoms with Gasteiger partial charge in [-0.05, 0) is 31.5 Å². The molecular weight excluding hydrogens is 304 g/mol. The van der Waals surface area contributed by atoms with Crippen LogP contribution in [0.1, 0.15) is 12.5 Å². The summed E-state index contributed by atoms with van der Waals surface area (Å²) in [6, 6.07) is 3.11. The van der Waals surface area contributed by atoms with Gasteiger partial charge >= 0.3 is 0 Å². The molecular formula is C15H24N2O4S. The van der Waals surface area contributed by atoms with Crippen molar-refractivity contribution < 1.29 is 17.9 Å². The van der Waals surface area contributed by atoms with Crippen molar-refractivity contribution in [1.82, 2.24) is 9.62 Å². The third-order valence-corrected chi connectivity index (χ3v) is 5.70. The van der Waals surface area contributed by atoms with Gasteiger partial charge < -0.3 is 14.4 Å². The van der Waals surface area contributed by atoms with Crippen LogP contribution in [0.4, 0.5) is 0 Å². The Morgan fingerprint density at radius 2 is 1.77 bits per heavy atom. The standard InChI is InChI=1S/C15H24N2O4S/c1-10-6-13(20-4)14(21-5)7-15(10)22(18,19)16-12-9-17(3)8-11(12)2/h6-7,11-12,16H,8-9H2,1-5H3/t11-,12-/m1/s1. The van der Waals surface area contributed by atoms with Gasteiger partial charge in [0, 0.05) is 25.2 Å². The molecule has 0 aliphatic carbocycles. The molecule has 1 aromatic rings. The molecule has 7 heteroatoms. The summed E-state index contributed by atoms with van der Waals surface area (Å²) in [4.78, 5) is 2.35. The quantitative estimate of drug-likeness (QED) is 0.881. The normalized spacial score (nSPS) is 22.8. The van der Waals surface area contributed by atoms with E-state index in [2.05, 4.69) is 16.5 Å². The average Bonchev–Trinajstić information content (AvgIpc) is 2.75. The molecule has 124 valence electrons. The summed E-state index contributed by atoms with van der Waals surface area (Å²) in [5.41, 5.74) is 0.629. The molecule has 1 aliphatic heterocycles. The largest absolute Gasteiger partial charge is 0.493 e. The van der Waals surface area contributed by atoms with E-state index in [0.717, 1.165) is 6.54 Å². The van der Waals surface area contributed by atoms with Gasteiger partial charge in [-0.2, -0.15) is 0 Å². The maximum absolute atomic E-state index is 12.7. The molecule has 1 aromatic carbocycles. The third-order valence-electron chi connectivity index (χ3n) is 4.07. The second-order valence-corrected chi connectivity index (χ2v) is 7.58. The van der Waals surface area contributed by atoms with Crippen LogP contribution >= 0.6 is 0 Å². The van der Waals surface area contributed by atoms with Crippen LogP contribution in [0.2, 0.25) is 0 Å². The summed E-state index contributed by atoms with van der Waals surface area (Å²) >= 11 is 0. The van der Waals surface area contributed by atoms with E-state index in [4.69, 9.17) is 9.47 Å². The fraction of sp³-hybridized carbons (Fsp3) is 0.600. The lowest BCUT2D eigenvalue weighted by Gasteiger charge is -2.19. The summed E-state index contributed by atoms with van der Waals surface area (Å²) in [5, 5.41) is 0. The second kappa shape index (κ2) is 6.44. The van der Waals surface area contributed by atoms with Crippen LogP contribution in [-0.2, 0) is 10.0 Å². The van der Waals surface area contributed by atoms with Gasteiger partial charge in [0.2, 0.25) is 10.0 Å². The van der Waals surface area contributed by atoms with E-state index in [1.807, 2.05) is 7.05 Å². The molecule has 0 amide bonds. The molecule has 1 aliphatic rings. The zero-order valence-corrected chi connectivity index (χ0v) is 14.5. The molecule has 0 aromatic heterocycles. The number of sulfonamides is 1. The lowest BCUT2D eigenvalue weighted by molar-refractivity contribution is 0.353. The van der Waals surface area contributed by atoms with Crippen molar-refractivity contribution in [3.63, 3.8) is 0 Å². The van der Waals surface area contributed by atoms with Crippen molar-refractivity contribution in [1.29, 1.82) is 0 Å². The van der Waals surface area contributed by atoms with Gasteiger partial charge in [0.15, 0.2) is 11.5 Å². The van der Waals surface area contributed by atoms with E-state index >= 15 is 0 Å². The first-order chi connectivity index (χ1) is 10.3. The summed E-state index contributed by atoms with van der Waals surface area (Å²) in [6.45, 7) is 5.41. The molecule has 0 saturated carbocycles. The predicted molar refractivity (Wildman–Crippen MR) is 85.1 cm³/mol. The summed E-state index contributed by atoms with van der Waals surface area (Å²) < 4.78 is 38.6. The maximum Gasteiger partial charge on any atom is 0.241 e. The Morgan fingerprint density at radius 1 is 1.18 bits per heavy atom. The minimum atomic E-state index is -3.60. The first-order valence-corrected chi connectivity index (χ1v) is 8.70. The highest BCUT2D eigenvalue weighted by atomic mass is 32.2. The summed E-state index contributed by atoms with van der Waals surface area (Å²) in [5.74, 6) is 1.21. The Morgan fingerprint density at radius 3 is 2.27 bits per heavy atom. The number of hydrogen-bond acceptors (Lipinski definition) is 5. The maximum atomic E-state index is 12.7. The van der Waals surface area contributed by atoms with Crippen LogP contribution in [0.15, 0.2) is 17.0 Å². The van der Waals surface area contributed by atoms with Crippen molar-refractivity contribution >= 4 is 10.0 Å². The molecule has 2 atom stereocenters. The van der Waals surface area contributed by atoms with Gasteiger partial charge in [-0.3, -0.25) is 0 Å². The van der Waals surface area contributed by atoms with Crippen molar-refractivity contribution in [2.24, 2.45) is 5.92 Å². The number of ether oxygens (including phenoxy) is 2. The number of likely N-dealkylation sites (N-methyl/N-ethyl adjacent to an activating group) is 1. The second-order valence-electron chi connectivity index (χ2n) is 5.90. The van der Waals surface area contributed by atoms with E-state index in [9.17, 15) is 8.42 Å². The van der Waals surface area contributed by atoms with Gasteiger partial charge in [-0.1, -0.05) is 6.92 Å². The molecule has 0 spiro atoms. The molecule has 0 bridgehead atoms. The van der Waals surface area contributed by atoms with Crippen LogP contribution < -0.4 is 14.2 Å². The number of hydrogen-bond donors (Lipinski definition) is 1. The average molecular weight is 328 g/mol. The fourth-order valence-corrected chi connectivity index (χ4v) is 4.45. The van der Waals surface area contributed by atoms with Crippen molar-refractivity contribution in [2.45, 2.75) is 24.8 Å². The molecule has 1 N–H and O–H groups in total. The van der Waals surface area contributed by atoms with Crippen LogP contribution in [0.3, 0.4) is 0 Å². The number of nitrogens with one attached hydrogen (secondary N) is 1. The van der Waals surface area contributed by atoms with E-state index in [0.29, 0.717) is 23.6 Å². The van der Waals surface area contributed by atoms with Gasteiger partial charge in [0.05, 0.1) is 19.1 Å². The Labute approximate surface area is 132 Å². The Balaban J connectivity index is 2.33. The van der Waals surface area contributed by atoms with E-state index in [1.165, 1.54) is 20.3 Å². The van der Waals surface area contributed by atoms with E-state index in [1.54, 1.807) is 13.0 Å². The Bertz CT molecular complexity index is 645. The van der Waals surface area contributed by atoms with E-state index < -0.39 is 10.0 Å². The third kappa shape index (κ3) is 3.37. The monoisotopic (exact) mass is 328 g/mol. The Kier molecular flexibility index (Phi) is 4.99. The Hall–Kier alpha value is -1.31. The van der Waals surface area contributed by atoms with Gasteiger partial charge in [-0.15, -0.1) is 0 Å². The highest BCUT2D eigenvalue weighted by molar-refractivity contribution is 7.89. The van der Waals surface area contributed by atoms with Crippen molar-refractivity contribution in [2.75, 3.05) is 34.4 Å². The van der Waals surface area contributed by atoms with E-state index in [-0.39, 0.29) is 16.9 Å². The molecule has 2 rings (SSSR count). The number of likely N-dealkylation sites (tertiary alicyclic amines) is 1. The molecule has 0 unspecified atom stereocenters. The first kappa shape index (κ1) is 17.1. The molecule has 1 heterocycles. The molecule has 1 fully saturated rings. The smallest absolute Gasteiger partial charge is 0.241 e. The lowest BCUT2D eigenvalue weighted by atomic mass is 10.1. The first-order valence-electron chi connectivity index (χ1n) is 7.22.